The van der Waals surface area contributed by atoms with E-state index in [4.69, 9.17) is 4.74 Å². The third-order valence-electron chi connectivity index (χ3n) is 3.77. The minimum atomic E-state index is -0.102. The molecule has 19 heavy (non-hydrogen) atoms. The highest BCUT2D eigenvalue weighted by Crippen LogP contribution is 2.40. The molecule has 1 saturated carbocycles. The van der Waals surface area contributed by atoms with Gasteiger partial charge in [0.1, 0.15) is 5.82 Å². The lowest BCUT2D eigenvalue weighted by atomic mass is 10.1. The number of nitrogens with one attached hydrogen (secondary N) is 1. The third kappa shape index (κ3) is 2.62. The van der Waals surface area contributed by atoms with Crippen LogP contribution in [-0.4, -0.2) is 24.6 Å². The largest absolute Gasteiger partial charge is 0.469 e. The first kappa shape index (κ1) is 12.2. The fraction of sp³-hybridized carbons (Fsp3) is 0.467. The monoisotopic (exact) mass is 258 g/mol. The maximum atomic E-state index is 11.3. The van der Waals surface area contributed by atoms with Gasteiger partial charge < -0.3 is 10.1 Å². The predicted octanol–water partition coefficient (Wildman–Crippen LogP) is 2.26. The van der Waals surface area contributed by atoms with Crippen LogP contribution in [-0.2, 0) is 16.0 Å². The van der Waals surface area contributed by atoms with E-state index in [-0.39, 0.29) is 11.9 Å². The fourth-order valence-electron chi connectivity index (χ4n) is 2.51. The maximum Gasteiger partial charge on any atom is 0.309 e. The van der Waals surface area contributed by atoms with Crippen LogP contribution in [0.1, 0.15) is 24.1 Å². The molecule has 4 nitrogen and oxygen atoms in total. The number of rotatable bonds is 3. The van der Waals surface area contributed by atoms with Crippen molar-refractivity contribution in [2.24, 2.45) is 11.8 Å². The summed E-state index contributed by atoms with van der Waals surface area (Å²) >= 11 is 0. The smallest absolute Gasteiger partial charge is 0.309 e. The molecule has 2 atom stereocenters. The van der Waals surface area contributed by atoms with Crippen molar-refractivity contribution in [1.29, 1.82) is 0 Å². The molecule has 2 heterocycles. The highest BCUT2D eigenvalue weighted by atomic mass is 16.5. The Hall–Kier alpha value is -1.84. The molecule has 0 unspecified atom stereocenters. The van der Waals surface area contributed by atoms with Gasteiger partial charge in [0, 0.05) is 6.54 Å². The van der Waals surface area contributed by atoms with Gasteiger partial charge in [0.2, 0.25) is 0 Å². The van der Waals surface area contributed by atoms with Crippen LogP contribution in [0, 0.1) is 11.8 Å². The highest BCUT2D eigenvalue weighted by molar-refractivity contribution is 5.76. The van der Waals surface area contributed by atoms with Crippen LogP contribution in [0.3, 0.4) is 0 Å². The molecule has 1 aliphatic heterocycles. The van der Waals surface area contributed by atoms with Crippen molar-refractivity contribution in [3.63, 3.8) is 0 Å². The molecule has 0 bridgehead atoms. The van der Waals surface area contributed by atoms with Crippen LogP contribution in [0.2, 0.25) is 0 Å². The molecular formula is C15H18N2O2. The van der Waals surface area contributed by atoms with Crippen molar-refractivity contribution < 1.29 is 9.53 Å². The second-order valence-corrected chi connectivity index (χ2v) is 5.16. The number of methoxy groups -OCH3 is 1. The van der Waals surface area contributed by atoms with Crippen molar-refractivity contribution >= 4 is 17.9 Å². The highest BCUT2D eigenvalue weighted by Gasteiger charge is 2.41. The fourth-order valence-corrected chi connectivity index (χ4v) is 2.51. The molecule has 3 rings (SSSR count). The maximum absolute atomic E-state index is 11.3. The number of aryl methyl sites for hydroxylation is 1. The topological polar surface area (TPSA) is 51.2 Å². The number of anilines is 1. The van der Waals surface area contributed by atoms with Gasteiger partial charge in [-0.1, -0.05) is 12.1 Å². The normalized spacial score (nSPS) is 24.7. The van der Waals surface area contributed by atoms with E-state index in [1.54, 1.807) is 0 Å². The van der Waals surface area contributed by atoms with E-state index in [1.165, 1.54) is 19.1 Å². The van der Waals surface area contributed by atoms with Gasteiger partial charge in [-0.25, -0.2) is 4.98 Å². The molecule has 0 spiro atoms. The Morgan fingerprint density at radius 3 is 3.26 bits per heavy atom. The number of esters is 1. The number of fused-ring (bicyclic) bond motifs is 1. The zero-order valence-electron chi connectivity index (χ0n) is 11.1. The van der Waals surface area contributed by atoms with Gasteiger partial charge in [-0.2, -0.15) is 0 Å². The van der Waals surface area contributed by atoms with Crippen LogP contribution in [0.5, 0.6) is 0 Å². The molecule has 1 fully saturated rings. The van der Waals surface area contributed by atoms with E-state index in [0.29, 0.717) is 5.92 Å². The molecule has 1 N–H and O–H groups in total. The van der Waals surface area contributed by atoms with Gasteiger partial charge in [0.05, 0.1) is 18.7 Å². The first-order valence-electron chi connectivity index (χ1n) is 6.78. The third-order valence-corrected chi connectivity index (χ3v) is 3.77. The van der Waals surface area contributed by atoms with Crippen LogP contribution < -0.4 is 5.32 Å². The standard InChI is InChI=1S/C15H18N2O2/c1-19-15(18)13-9-11(13)5-7-12-6-4-10-3-2-8-16-14(10)17-12/h4-7,11,13H,2-3,8-9H2,1H3,(H,16,17)/t11-,13-/m1/s1. The summed E-state index contributed by atoms with van der Waals surface area (Å²) in [5.41, 5.74) is 2.24. The Kier molecular flexibility index (Phi) is 3.23. The molecule has 1 aliphatic carbocycles. The Morgan fingerprint density at radius 1 is 1.53 bits per heavy atom. The number of pyridine rings is 1. The van der Waals surface area contributed by atoms with Crippen molar-refractivity contribution in [2.45, 2.75) is 19.3 Å². The van der Waals surface area contributed by atoms with Gasteiger partial charge >= 0.3 is 5.97 Å². The second kappa shape index (κ2) is 5.03. The summed E-state index contributed by atoms with van der Waals surface area (Å²) < 4.78 is 4.73. The van der Waals surface area contributed by atoms with Crippen LogP contribution in [0.15, 0.2) is 18.2 Å². The SMILES string of the molecule is COC(=O)[C@@H]1C[C@H]1C=Cc1ccc2c(n1)NCCC2. The number of hydrogen-bond donors (Lipinski definition) is 1. The van der Waals surface area contributed by atoms with Crippen molar-refractivity contribution in [1.82, 2.24) is 4.98 Å². The molecular weight excluding hydrogens is 240 g/mol. The summed E-state index contributed by atoms with van der Waals surface area (Å²) in [7, 11) is 1.44. The van der Waals surface area contributed by atoms with Gasteiger partial charge in [0.25, 0.3) is 0 Å². The molecule has 2 aliphatic rings. The van der Waals surface area contributed by atoms with E-state index in [9.17, 15) is 4.79 Å². The lowest BCUT2D eigenvalue weighted by molar-refractivity contribution is -0.142. The average molecular weight is 258 g/mol. The molecule has 100 valence electrons. The number of ether oxygens (including phenoxy) is 1. The predicted molar refractivity (Wildman–Crippen MR) is 73.7 cm³/mol. The van der Waals surface area contributed by atoms with E-state index in [2.05, 4.69) is 22.4 Å². The van der Waals surface area contributed by atoms with E-state index in [1.807, 2.05) is 12.1 Å². The average Bonchev–Trinajstić information content (AvgIpc) is 3.23. The number of carbonyl (C=O) groups excluding carboxylic acids is 1. The number of aromatic nitrogens is 1. The molecule has 1 aromatic heterocycles. The summed E-state index contributed by atoms with van der Waals surface area (Å²) in [5, 5.41) is 3.32. The summed E-state index contributed by atoms with van der Waals surface area (Å²) in [5.74, 6) is 1.28. The van der Waals surface area contributed by atoms with Gasteiger partial charge in [-0.3, -0.25) is 4.79 Å². The van der Waals surface area contributed by atoms with Crippen LogP contribution in [0.4, 0.5) is 5.82 Å². The van der Waals surface area contributed by atoms with Crippen molar-refractivity contribution in [3.05, 3.63) is 29.5 Å². The second-order valence-electron chi connectivity index (χ2n) is 5.16. The molecule has 0 amide bonds. The number of carbonyl (C=O) groups is 1. The Morgan fingerprint density at radius 2 is 2.42 bits per heavy atom. The minimum Gasteiger partial charge on any atom is -0.469 e. The number of hydrogen-bond acceptors (Lipinski definition) is 4. The van der Waals surface area contributed by atoms with Crippen molar-refractivity contribution in [3.8, 4) is 0 Å². The first-order valence-corrected chi connectivity index (χ1v) is 6.78. The summed E-state index contributed by atoms with van der Waals surface area (Å²) in [6, 6.07) is 4.18. The van der Waals surface area contributed by atoms with Gasteiger partial charge in [-0.15, -0.1) is 0 Å². The minimum absolute atomic E-state index is 0.0528. The number of nitrogens with zero attached hydrogens (tertiary/aromatic N) is 1. The van der Waals surface area contributed by atoms with Crippen molar-refractivity contribution in [2.75, 3.05) is 19.0 Å². The summed E-state index contributed by atoms with van der Waals surface area (Å²) in [6.07, 6.45) is 7.24. The summed E-state index contributed by atoms with van der Waals surface area (Å²) in [6.45, 7) is 1.00. The molecule has 0 radical (unpaired) electrons. The quantitative estimate of drug-likeness (QED) is 0.845. The molecule has 0 saturated heterocycles. The van der Waals surface area contributed by atoms with Gasteiger partial charge in [0.15, 0.2) is 0 Å². The van der Waals surface area contributed by atoms with Gasteiger partial charge in [-0.05, 0) is 42.9 Å². The zero-order chi connectivity index (χ0) is 13.2. The Labute approximate surface area is 112 Å². The lowest BCUT2D eigenvalue weighted by Crippen LogP contribution is -2.13. The van der Waals surface area contributed by atoms with Crippen LogP contribution >= 0.6 is 0 Å². The zero-order valence-corrected chi connectivity index (χ0v) is 11.1. The van der Waals surface area contributed by atoms with E-state index >= 15 is 0 Å². The Balaban J connectivity index is 1.66. The molecule has 0 aromatic carbocycles. The lowest BCUT2D eigenvalue weighted by Gasteiger charge is -2.16. The molecule has 1 aromatic rings. The Bertz CT molecular complexity index is 525. The van der Waals surface area contributed by atoms with E-state index in [0.717, 1.165) is 30.9 Å². The summed E-state index contributed by atoms with van der Waals surface area (Å²) in [4.78, 5) is 15.9. The van der Waals surface area contributed by atoms with Crippen LogP contribution in [0.25, 0.3) is 6.08 Å². The number of allylic oxidation sites excluding steroid dienone is 1. The first-order chi connectivity index (χ1) is 9.28. The van der Waals surface area contributed by atoms with E-state index < -0.39 is 0 Å². The molecule has 4 heteroatoms.